The molecule has 1 heterocycles. The number of carbonyl (C=O) groups excluding carboxylic acids is 1. The predicted octanol–water partition coefficient (Wildman–Crippen LogP) is 1.51. The number of nitrogens with one attached hydrogen (secondary N) is 3. The van der Waals surface area contributed by atoms with Crippen molar-refractivity contribution in [2.45, 2.75) is 63.8 Å². The van der Waals surface area contributed by atoms with E-state index in [9.17, 15) is 14.4 Å². The molecule has 2 unspecified atom stereocenters. The van der Waals surface area contributed by atoms with Crippen molar-refractivity contribution in [1.29, 1.82) is 0 Å². The van der Waals surface area contributed by atoms with Crippen molar-refractivity contribution in [1.82, 2.24) is 15.3 Å². The van der Waals surface area contributed by atoms with Gasteiger partial charge >= 0.3 is 5.69 Å². The third kappa shape index (κ3) is 3.55. The van der Waals surface area contributed by atoms with Crippen molar-refractivity contribution in [3.05, 3.63) is 26.5 Å². The molecule has 2 saturated carbocycles. The molecule has 0 radical (unpaired) electrons. The molecule has 2 fully saturated rings. The van der Waals surface area contributed by atoms with E-state index >= 15 is 0 Å². The second-order valence-corrected chi connectivity index (χ2v) is 7.12. The van der Waals surface area contributed by atoms with Crippen molar-refractivity contribution in [3.8, 4) is 0 Å². The topological polar surface area (TPSA) is 121 Å². The summed E-state index contributed by atoms with van der Waals surface area (Å²) in [6.07, 6.45) is 10.7. The van der Waals surface area contributed by atoms with Gasteiger partial charge in [-0.05, 0) is 24.7 Å². The van der Waals surface area contributed by atoms with Crippen LogP contribution in [0.15, 0.2) is 9.59 Å². The maximum Gasteiger partial charge on any atom is 0.326 e. The van der Waals surface area contributed by atoms with Crippen LogP contribution in [0.5, 0.6) is 0 Å². The third-order valence-corrected chi connectivity index (χ3v) is 5.60. The van der Waals surface area contributed by atoms with Gasteiger partial charge in [0.15, 0.2) is 0 Å². The molecule has 1 amide bonds. The zero-order valence-electron chi connectivity index (χ0n) is 13.9. The molecule has 132 valence electrons. The Balaban J connectivity index is 1.76. The van der Waals surface area contributed by atoms with Gasteiger partial charge in [-0.25, -0.2) is 4.79 Å². The van der Waals surface area contributed by atoms with Gasteiger partial charge in [-0.2, -0.15) is 0 Å². The Morgan fingerprint density at radius 3 is 2.38 bits per heavy atom. The molecule has 3 rings (SSSR count). The van der Waals surface area contributed by atoms with Gasteiger partial charge in [0.25, 0.3) is 11.5 Å². The standard InChI is InChI=1S/C17H26N4O3/c18-13-14(20-17(24)21-15(13)22)16(23)19-12-9-5-4-8-11(12)10-6-2-1-3-7-10/h10-12H,1-9,18H2,(H,19,23)(H2,20,21,22,24). The number of hydrogen-bond acceptors (Lipinski definition) is 4. The van der Waals surface area contributed by atoms with Crippen LogP contribution in [0, 0.1) is 11.8 Å². The summed E-state index contributed by atoms with van der Waals surface area (Å²) in [7, 11) is 0. The summed E-state index contributed by atoms with van der Waals surface area (Å²) in [5, 5.41) is 3.04. The minimum atomic E-state index is -0.726. The van der Waals surface area contributed by atoms with Crippen LogP contribution in [0.25, 0.3) is 0 Å². The summed E-state index contributed by atoms with van der Waals surface area (Å²) in [5.41, 5.74) is 3.85. The first-order valence-electron chi connectivity index (χ1n) is 8.99. The summed E-state index contributed by atoms with van der Waals surface area (Å²) in [6.45, 7) is 0. The van der Waals surface area contributed by atoms with Crippen LogP contribution >= 0.6 is 0 Å². The summed E-state index contributed by atoms with van der Waals surface area (Å²) >= 11 is 0. The molecule has 7 nitrogen and oxygen atoms in total. The largest absolute Gasteiger partial charge is 0.392 e. The molecule has 24 heavy (non-hydrogen) atoms. The lowest BCUT2D eigenvalue weighted by molar-refractivity contribution is 0.0855. The van der Waals surface area contributed by atoms with E-state index in [0.717, 1.165) is 19.3 Å². The van der Waals surface area contributed by atoms with E-state index in [2.05, 4.69) is 10.3 Å². The molecule has 0 spiro atoms. The zero-order valence-corrected chi connectivity index (χ0v) is 13.9. The molecule has 0 aromatic carbocycles. The first-order valence-corrected chi connectivity index (χ1v) is 8.99. The molecular weight excluding hydrogens is 308 g/mol. The second-order valence-electron chi connectivity index (χ2n) is 7.12. The monoisotopic (exact) mass is 334 g/mol. The van der Waals surface area contributed by atoms with Crippen molar-refractivity contribution in [2.24, 2.45) is 11.8 Å². The maximum absolute atomic E-state index is 12.6. The molecule has 1 aromatic rings. The van der Waals surface area contributed by atoms with Gasteiger partial charge < -0.3 is 16.0 Å². The number of hydrogen-bond donors (Lipinski definition) is 4. The Morgan fingerprint density at radius 1 is 0.958 bits per heavy atom. The highest BCUT2D eigenvalue weighted by molar-refractivity contribution is 5.96. The van der Waals surface area contributed by atoms with Gasteiger partial charge in [0.2, 0.25) is 0 Å². The molecule has 7 heteroatoms. The average Bonchev–Trinajstić information content (AvgIpc) is 2.59. The van der Waals surface area contributed by atoms with Crippen LogP contribution in [0.2, 0.25) is 0 Å². The Hall–Kier alpha value is -2.05. The Kier molecular flexibility index (Phi) is 5.06. The fourth-order valence-electron chi connectivity index (χ4n) is 4.38. The molecule has 2 atom stereocenters. The van der Waals surface area contributed by atoms with Gasteiger partial charge in [-0.15, -0.1) is 0 Å². The smallest absolute Gasteiger partial charge is 0.326 e. The molecule has 2 aliphatic rings. The van der Waals surface area contributed by atoms with Gasteiger partial charge in [0, 0.05) is 6.04 Å². The lowest BCUT2D eigenvalue weighted by Crippen LogP contribution is -2.46. The quantitative estimate of drug-likeness (QED) is 0.669. The van der Waals surface area contributed by atoms with Crippen LogP contribution in [0.4, 0.5) is 5.69 Å². The van der Waals surface area contributed by atoms with Crippen LogP contribution in [0.3, 0.4) is 0 Å². The van der Waals surface area contributed by atoms with E-state index in [1.165, 1.54) is 38.5 Å². The number of aromatic nitrogens is 2. The highest BCUT2D eigenvalue weighted by Crippen LogP contribution is 2.38. The van der Waals surface area contributed by atoms with E-state index in [1.807, 2.05) is 4.98 Å². The number of amides is 1. The Morgan fingerprint density at radius 2 is 1.62 bits per heavy atom. The molecular formula is C17H26N4O3. The summed E-state index contributed by atoms with van der Waals surface area (Å²) in [6, 6.07) is 0.0940. The summed E-state index contributed by atoms with van der Waals surface area (Å²) in [5.74, 6) is 0.696. The van der Waals surface area contributed by atoms with Crippen LogP contribution in [-0.2, 0) is 0 Å². The average molecular weight is 334 g/mol. The van der Waals surface area contributed by atoms with Crippen LogP contribution in [0.1, 0.15) is 68.3 Å². The Bertz CT molecular complexity index is 703. The van der Waals surface area contributed by atoms with Gasteiger partial charge in [0.05, 0.1) is 0 Å². The van der Waals surface area contributed by atoms with Crippen molar-refractivity contribution < 1.29 is 4.79 Å². The minimum absolute atomic E-state index is 0.0940. The molecule has 5 N–H and O–H groups in total. The van der Waals surface area contributed by atoms with Gasteiger partial charge in [-0.3, -0.25) is 14.6 Å². The van der Waals surface area contributed by atoms with Crippen molar-refractivity contribution >= 4 is 11.6 Å². The number of carbonyl (C=O) groups is 1. The van der Waals surface area contributed by atoms with Crippen molar-refractivity contribution in [3.63, 3.8) is 0 Å². The second kappa shape index (κ2) is 7.23. The normalized spacial score (nSPS) is 25.3. The number of rotatable bonds is 3. The van der Waals surface area contributed by atoms with Gasteiger partial charge in [0.1, 0.15) is 11.4 Å². The zero-order chi connectivity index (χ0) is 17.1. The van der Waals surface area contributed by atoms with Gasteiger partial charge in [-0.1, -0.05) is 44.9 Å². The van der Waals surface area contributed by atoms with Crippen LogP contribution < -0.4 is 22.3 Å². The Labute approximate surface area is 140 Å². The predicted molar refractivity (Wildman–Crippen MR) is 91.9 cm³/mol. The van der Waals surface area contributed by atoms with Crippen LogP contribution in [-0.4, -0.2) is 21.9 Å². The minimum Gasteiger partial charge on any atom is -0.392 e. The van der Waals surface area contributed by atoms with E-state index in [4.69, 9.17) is 5.73 Å². The number of aromatic amines is 2. The van der Waals surface area contributed by atoms with Crippen molar-refractivity contribution in [2.75, 3.05) is 5.73 Å². The molecule has 2 aliphatic carbocycles. The number of nitrogens with two attached hydrogens (primary N) is 1. The van der Waals surface area contributed by atoms with E-state index in [-0.39, 0.29) is 17.4 Å². The first-order chi connectivity index (χ1) is 11.6. The summed E-state index contributed by atoms with van der Waals surface area (Å²) < 4.78 is 0. The fourth-order valence-corrected chi connectivity index (χ4v) is 4.38. The molecule has 0 bridgehead atoms. The third-order valence-electron chi connectivity index (χ3n) is 5.60. The lowest BCUT2D eigenvalue weighted by Gasteiger charge is -2.39. The highest BCUT2D eigenvalue weighted by atomic mass is 16.2. The SMILES string of the molecule is Nc1c(C(=O)NC2CCCCC2C2CCCCC2)[nH]c(=O)[nH]c1=O. The maximum atomic E-state index is 12.6. The molecule has 0 aliphatic heterocycles. The summed E-state index contributed by atoms with van der Waals surface area (Å²) in [4.78, 5) is 39.9. The number of H-pyrrole nitrogens is 2. The lowest BCUT2D eigenvalue weighted by atomic mass is 9.71. The van der Waals surface area contributed by atoms with E-state index in [0.29, 0.717) is 11.8 Å². The van der Waals surface area contributed by atoms with E-state index in [1.54, 1.807) is 0 Å². The number of anilines is 1. The molecule has 0 saturated heterocycles. The number of nitrogen functional groups attached to an aromatic ring is 1. The first kappa shape index (κ1) is 16.8. The molecule has 1 aromatic heterocycles. The van der Waals surface area contributed by atoms with E-state index < -0.39 is 17.2 Å². The highest BCUT2D eigenvalue weighted by Gasteiger charge is 2.33. The fraction of sp³-hybridized carbons (Fsp3) is 0.706.